The van der Waals surface area contributed by atoms with E-state index in [9.17, 15) is 0 Å². The molecular formula is C10H11BrN2S. The molecule has 0 aliphatic rings. The molecule has 14 heavy (non-hydrogen) atoms. The van der Waals surface area contributed by atoms with Gasteiger partial charge in [-0.15, -0.1) is 11.3 Å². The normalized spacial score (nSPS) is 10.7. The van der Waals surface area contributed by atoms with Crippen molar-refractivity contribution in [2.24, 2.45) is 0 Å². The average molecular weight is 271 g/mol. The second-order valence-electron chi connectivity index (χ2n) is 2.97. The number of aromatic nitrogens is 2. The SMILES string of the molecule is CCn1cc(CBr)c(-c2cccs2)n1. The molecule has 0 radical (unpaired) electrons. The van der Waals surface area contributed by atoms with Crippen LogP contribution in [0.25, 0.3) is 10.6 Å². The Kier molecular flexibility index (Phi) is 3.03. The molecule has 0 atom stereocenters. The topological polar surface area (TPSA) is 17.8 Å². The van der Waals surface area contributed by atoms with Crippen molar-refractivity contribution >= 4 is 27.3 Å². The minimum Gasteiger partial charge on any atom is -0.272 e. The van der Waals surface area contributed by atoms with Crippen molar-refractivity contribution < 1.29 is 0 Å². The second-order valence-corrected chi connectivity index (χ2v) is 4.48. The molecule has 0 amide bonds. The Labute approximate surface area is 95.7 Å². The summed E-state index contributed by atoms with van der Waals surface area (Å²) in [4.78, 5) is 1.24. The van der Waals surface area contributed by atoms with Gasteiger partial charge >= 0.3 is 0 Å². The van der Waals surface area contributed by atoms with E-state index in [2.05, 4.69) is 51.7 Å². The third kappa shape index (κ3) is 1.77. The number of halogens is 1. The number of thiophene rings is 1. The lowest BCUT2D eigenvalue weighted by Gasteiger charge is -1.93. The van der Waals surface area contributed by atoms with Gasteiger partial charge in [-0.1, -0.05) is 22.0 Å². The molecule has 0 unspecified atom stereocenters. The van der Waals surface area contributed by atoms with Crippen LogP contribution in [0.15, 0.2) is 23.7 Å². The summed E-state index contributed by atoms with van der Waals surface area (Å²) in [7, 11) is 0. The van der Waals surface area contributed by atoms with Crippen LogP contribution in [0.3, 0.4) is 0 Å². The molecular weight excluding hydrogens is 260 g/mol. The van der Waals surface area contributed by atoms with Crippen LogP contribution in [0, 0.1) is 0 Å². The fourth-order valence-electron chi connectivity index (χ4n) is 1.34. The standard InChI is InChI=1S/C10H11BrN2S/c1-2-13-7-8(6-11)10(12-13)9-4-3-5-14-9/h3-5,7H,2,6H2,1H3. The average Bonchev–Trinajstić information content (AvgIpc) is 2.85. The van der Waals surface area contributed by atoms with E-state index in [0.717, 1.165) is 17.6 Å². The molecule has 0 saturated carbocycles. The van der Waals surface area contributed by atoms with E-state index < -0.39 is 0 Å². The van der Waals surface area contributed by atoms with Gasteiger partial charge in [0.05, 0.1) is 4.88 Å². The first-order valence-corrected chi connectivity index (χ1v) is 6.51. The van der Waals surface area contributed by atoms with Crippen LogP contribution in [0.2, 0.25) is 0 Å². The van der Waals surface area contributed by atoms with Gasteiger partial charge in [-0.2, -0.15) is 5.10 Å². The summed E-state index contributed by atoms with van der Waals surface area (Å²) in [6, 6.07) is 4.17. The third-order valence-corrected chi connectivity index (χ3v) is 3.54. The lowest BCUT2D eigenvalue weighted by molar-refractivity contribution is 0.662. The van der Waals surface area contributed by atoms with Gasteiger partial charge in [0.2, 0.25) is 0 Å². The summed E-state index contributed by atoms with van der Waals surface area (Å²) < 4.78 is 1.98. The summed E-state index contributed by atoms with van der Waals surface area (Å²) in [6.07, 6.45) is 2.10. The summed E-state index contributed by atoms with van der Waals surface area (Å²) in [5.41, 5.74) is 2.37. The van der Waals surface area contributed by atoms with Crippen molar-refractivity contribution in [1.29, 1.82) is 0 Å². The molecule has 0 aliphatic carbocycles. The molecule has 4 heteroatoms. The van der Waals surface area contributed by atoms with Crippen LogP contribution in [0.1, 0.15) is 12.5 Å². The molecule has 2 rings (SSSR count). The van der Waals surface area contributed by atoms with Crippen molar-refractivity contribution in [2.45, 2.75) is 18.8 Å². The maximum atomic E-state index is 4.54. The van der Waals surface area contributed by atoms with Crippen LogP contribution in [0.5, 0.6) is 0 Å². The predicted octanol–water partition coefficient (Wildman–Crippen LogP) is 3.53. The lowest BCUT2D eigenvalue weighted by Crippen LogP contribution is -1.93. The van der Waals surface area contributed by atoms with Crippen LogP contribution in [-0.2, 0) is 11.9 Å². The Balaban J connectivity index is 2.46. The van der Waals surface area contributed by atoms with Gasteiger partial charge in [0.1, 0.15) is 5.69 Å². The Morgan fingerprint density at radius 3 is 3.00 bits per heavy atom. The van der Waals surface area contributed by atoms with Crippen molar-refractivity contribution in [3.05, 3.63) is 29.3 Å². The Bertz CT molecular complexity index is 406. The van der Waals surface area contributed by atoms with E-state index in [1.165, 1.54) is 10.4 Å². The van der Waals surface area contributed by atoms with Crippen LogP contribution in [0.4, 0.5) is 0 Å². The van der Waals surface area contributed by atoms with E-state index in [-0.39, 0.29) is 0 Å². The molecule has 0 spiro atoms. The molecule has 2 nitrogen and oxygen atoms in total. The van der Waals surface area contributed by atoms with E-state index in [0.29, 0.717) is 0 Å². The number of nitrogens with zero attached hydrogens (tertiary/aromatic N) is 2. The molecule has 2 aromatic heterocycles. The van der Waals surface area contributed by atoms with Crippen molar-refractivity contribution in [3.8, 4) is 10.6 Å². The van der Waals surface area contributed by atoms with Crippen LogP contribution >= 0.6 is 27.3 Å². The van der Waals surface area contributed by atoms with E-state index in [1.807, 2.05) is 4.68 Å². The molecule has 0 fully saturated rings. The van der Waals surface area contributed by atoms with Crippen molar-refractivity contribution in [3.63, 3.8) is 0 Å². The van der Waals surface area contributed by atoms with Gasteiger partial charge in [0, 0.05) is 23.6 Å². The number of rotatable bonds is 3. The summed E-state index contributed by atoms with van der Waals surface area (Å²) in [6.45, 7) is 3.02. The quantitative estimate of drug-likeness (QED) is 0.781. The molecule has 0 N–H and O–H groups in total. The van der Waals surface area contributed by atoms with Crippen LogP contribution < -0.4 is 0 Å². The van der Waals surface area contributed by atoms with E-state index in [1.54, 1.807) is 11.3 Å². The van der Waals surface area contributed by atoms with E-state index in [4.69, 9.17) is 0 Å². The van der Waals surface area contributed by atoms with Gasteiger partial charge in [-0.3, -0.25) is 4.68 Å². The minimum absolute atomic E-state index is 0.861. The zero-order valence-electron chi connectivity index (χ0n) is 7.90. The first-order valence-electron chi connectivity index (χ1n) is 4.51. The highest BCUT2D eigenvalue weighted by Gasteiger charge is 2.09. The monoisotopic (exact) mass is 270 g/mol. The Morgan fingerprint density at radius 2 is 2.43 bits per heavy atom. The summed E-state index contributed by atoms with van der Waals surface area (Å²) in [5.74, 6) is 0. The maximum Gasteiger partial charge on any atom is 0.106 e. The molecule has 2 aromatic rings. The van der Waals surface area contributed by atoms with Gasteiger partial charge in [0.25, 0.3) is 0 Å². The predicted molar refractivity (Wildman–Crippen MR) is 63.8 cm³/mol. The molecule has 0 bridgehead atoms. The molecule has 0 saturated heterocycles. The molecule has 0 aliphatic heterocycles. The first kappa shape index (κ1) is 9.93. The van der Waals surface area contributed by atoms with Gasteiger partial charge in [0.15, 0.2) is 0 Å². The zero-order chi connectivity index (χ0) is 9.97. The number of alkyl halides is 1. The first-order chi connectivity index (χ1) is 6.85. The second kappa shape index (κ2) is 4.28. The smallest absolute Gasteiger partial charge is 0.106 e. The number of hydrogen-bond acceptors (Lipinski definition) is 2. The Hall–Kier alpha value is -0.610. The van der Waals surface area contributed by atoms with Crippen molar-refractivity contribution in [2.75, 3.05) is 0 Å². The lowest BCUT2D eigenvalue weighted by atomic mass is 10.2. The number of hydrogen-bond donors (Lipinski definition) is 0. The zero-order valence-corrected chi connectivity index (χ0v) is 10.3. The third-order valence-electron chi connectivity index (χ3n) is 2.06. The maximum absolute atomic E-state index is 4.54. The Morgan fingerprint density at radius 1 is 1.57 bits per heavy atom. The summed E-state index contributed by atoms with van der Waals surface area (Å²) >= 11 is 5.22. The highest BCUT2D eigenvalue weighted by Crippen LogP contribution is 2.27. The largest absolute Gasteiger partial charge is 0.272 e. The molecule has 2 heterocycles. The van der Waals surface area contributed by atoms with Gasteiger partial charge in [-0.05, 0) is 18.4 Å². The van der Waals surface area contributed by atoms with Crippen LogP contribution in [-0.4, -0.2) is 9.78 Å². The van der Waals surface area contributed by atoms with Gasteiger partial charge in [-0.25, -0.2) is 0 Å². The molecule has 74 valence electrons. The fraction of sp³-hybridized carbons (Fsp3) is 0.300. The van der Waals surface area contributed by atoms with Gasteiger partial charge < -0.3 is 0 Å². The summed E-state index contributed by atoms with van der Waals surface area (Å²) in [5, 5.41) is 7.48. The molecule has 0 aromatic carbocycles. The number of aryl methyl sites for hydroxylation is 1. The fourth-order valence-corrected chi connectivity index (χ4v) is 2.50. The minimum atomic E-state index is 0.861. The highest BCUT2D eigenvalue weighted by atomic mass is 79.9. The van der Waals surface area contributed by atoms with Crippen molar-refractivity contribution in [1.82, 2.24) is 9.78 Å². The highest BCUT2D eigenvalue weighted by molar-refractivity contribution is 9.08. The van der Waals surface area contributed by atoms with E-state index >= 15 is 0 Å².